The molecule has 16 heavy (non-hydrogen) atoms. The summed E-state index contributed by atoms with van der Waals surface area (Å²) in [6, 6.07) is 6.40. The lowest BCUT2D eigenvalue weighted by Gasteiger charge is -2.23. The second kappa shape index (κ2) is 5.67. The summed E-state index contributed by atoms with van der Waals surface area (Å²) in [5.74, 6) is 0. The van der Waals surface area contributed by atoms with Crippen LogP contribution in [0.1, 0.15) is 30.4 Å². The van der Waals surface area contributed by atoms with Crippen molar-refractivity contribution < 1.29 is 5.11 Å². The minimum Gasteiger partial charge on any atom is -0.392 e. The number of piperidine rings is 1. The van der Waals surface area contributed by atoms with Crippen LogP contribution in [0.4, 0.5) is 0 Å². The summed E-state index contributed by atoms with van der Waals surface area (Å²) < 4.78 is 0. The third-order valence-corrected chi connectivity index (χ3v) is 3.53. The topological polar surface area (TPSA) is 32.3 Å². The molecule has 0 spiro atoms. The first-order valence-electron chi connectivity index (χ1n) is 5.91. The maximum Gasteiger partial charge on any atom is 0.0682 e. The van der Waals surface area contributed by atoms with E-state index in [-0.39, 0.29) is 6.61 Å². The molecule has 2 N–H and O–H groups in total. The first-order chi connectivity index (χ1) is 7.79. The SMILES string of the molecule is OCc1ccc(CC2CCCCN2)c(Cl)c1. The van der Waals surface area contributed by atoms with Crippen LogP contribution in [-0.2, 0) is 13.0 Å². The largest absolute Gasteiger partial charge is 0.392 e. The highest BCUT2D eigenvalue weighted by molar-refractivity contribution is 6.31. The van der Waals surface area contributed by atoms with Crippen molar-refractivity contribution in [2.24, 2.45) is 0 Å². The normalized spacial score (nSPS) is 21.0. The van der Waals surface area contributed by atoms with Gasteiger partial charge in [-0.2, -0.15) is 0 Å². The molecule has 1 unspecified atom stereocenters. The number of halogens is 1. The van der Waals surface area contributed by atoms with Crippen LogP contribution < -0.4 is 5.32 Å². The smallest absolute Gasteiger partial charge is 0.0682 e. The van der Waals surface area contributed by atoms with Gasteiger partial charge in [0.25, 0.3) is 0 Å². The van der Waals surface area contributed by atoms with Crippen LogP contribution in [0.2, 0.25) is 5.02 Å². The van der Waals surface area contributed by atoms with E-state index in [0.717, 1.165) is 23.6 Å². The Morgan fingerprint density at radius 3 is 2.88 bits per heavy atom. The number of hydrogen-bond acceptors (Lipinski definition) is 2. The van der Waals surface area contributed by atoms with E-state index in [1.54, 1.807) is 0 Å². The molecule has 2 rings (SSSR count). The van der Waals surface area contributed by atoms with E-state index in [1.165, 1.54) is 24.8 Å². The maximum atomic E-state index is 9.00. The van der Waals surface area contributed by atoms with Crippen molar-refractivity contribution in [3.63, 3.8) is 0 Å². The zero-order chi connectivity index (χ0) is 11.4. The van der Waals surface area contributed by atoms with E-state index in [0.29, 0.717) is 6.04 Å². The monoisotopic (exact) mass is 239 g/mol. The molecule has 0 bridgehead atoms. The molecule has 1 aliphatic rings. The van der Waals surface area contributed by atoms with Gasteiger partial charge in [0.05, 0.1) is 6.61 Å². The van der Waals surface area contributed by atoms with E-state index in [2.05, 4.69) is 5.32 Å². The molecule has 0 amide bonds. The Balaban J connectivity index is 2.03. The van der Waals surface area contributed by atoms with Gasteiger partial charge in [-0.3, -0.25) is 0 Å². The number of aliphatic hydroxyl groups is 1. The molecule has 0 radical (unpaired) electrons. The molecule has 1 atom stereocenters. The number of rotatable bonds is 3. The van der Waals surface area contributed by atoms with Gasteiger partial charge in [-0.25, -0.2) is 0 Å². The molecule has 2 nitrogen and oxygen atoms in total. The minimum absolute atomic E-state index is 0.0572. The summed E-state index contributed by atoms with van der Waals surface area (Å²) in [4.78, 5) is 0. The van der Waals surface area contributed by atoms with Crippen LogP contribution in [-0.4, -0.2) is 17.7 Å². The van der Waals surface area contributed by atoms with Crippen molar-refractivity contribution in [1.29, 1.82) is 0 Å². The van der Waals surface area contributed by atoms with Crippen LogP contribution in [0, 0.1) is 0 Å². The fraction of sp³-hybridized carbons (Fsp3) is 0.538. The minimum atomic E-state index is 0.0572. The van der Waals surface area contributed by atoms with Crippen LogP contribution in [0.15, 0.2) is 18.2 Å². The standard InChI is InChI=1S/C13H18ClNO/c14-13-7-10(9-16)4-5-11(13)8-12-3-1-2-6-15-12/h4-5,7,12,15-16H,1-3,6,8-9H2. The van der Waals surface area contributed by atoms with Crippen LogP contribution in [0.25, 0.3) is 0 Å². The molecule has 0 aromatic heterocycles. The average molecular weight is 240 g/mol. The molecule has 3 heteroatoms. The van der Waals surface area contributed by atoms with Crippen molar-refractivity contribution >= 4 is 11.6 Å². The number of benzene rings is 1. The fourth-order valence-corrected chi connectivity index (χ4v) is 2.50. The van der Waals surface area contributed by atoms with Crippen molar-refractivity contribution in [1.82, 2.24) is 5.32 Å². The van der Waals surface area contributed by atoms with Gasteiger partial charge in [0.2, 0.25) is 0 Å². The Hall–Kier alpha value is -0.570. The summed E-state index contributed by atoms with van der Waals surface area (Å²) in [7, 11) is 0. The van der Waals surface area contributed by atoms with Gasteiger partial charge in [-0.05, 0) is 43.0 Å². The van der Waals surface area contributed by atoms with Gasteiger partial charge in [0.15, 0.2) is 0 Å². The first-order valence-corrected chi connectivity index (χ1v) is 6.29. The van der Waals surface area contributed by atoms with Crippen molar-refractivity contribution in [3.8, 4) is 0 Å². The van der Waals surface area contributed by atoms with Crippen molar-refractivity contribution in [2.75, 3.05) is 6.54 Å². The summed E-state index contributed by atoms with van der Waals surface area (Å²) in [6.45, 7) is 1.18. The number of nitrogens with one attached hydrogen (secondary N) is 1. The average Bonchev–Trinajstić information content (AvgIpc) is 2.33. The van der Waals surface area contributed by atoms with Crippen LogP contribution >= 0.6 is 11.6 Å². The molecule has 1 aliphatic heterocycles. The molecule has 0 saturated carbocycles. The van der Waals surface area contributed by atoms with Gasteiger partial charge in [-0.1, -0.05) is 30.2 Å². The highest BCUT2D eigenvalue weighted by Gasteiger charge is 2.14. The molecule has 1 fully saturated rings. The lowest BCUT2D eigenvalue weighted by Crippen LogP contribution is -2.35. The lowest BCUT2D eigenvalue weighted by molar-refractivity contribution is 0.282. The first kappa shape index (κ1) is 11.9. The molecular formula is C13H18ClNO. The van der Waals surface area contributed by atoms with Gasteiger partial charge in [-0.15, -0.1) is 0 Å². The van der Waals surface area contributed by atoms with Gasteiger partial charge < -0.3 is 10.4 Å². The Morgan fingerprint density at radius 2 is 2.25 bits per heavy atom. The van der Waals surface area contributed by atoms with E-state index in [1.807, 2.05) is 18.2 Å². The molecule has 1 aromatic carbocycles. The fourth-order valence-electron chi connectivity index (χ4n) is 2.22. The zero-order valence-corrected chi connectivity index (χ0v) is 10.1. The highest BCUT2D eigenvalue weighted by Crippen LogP contribution is 2.21. The van der Waals surface area contributed by atoms with E-state index in [4.69, 9.17) is 16.7 Å². The van der Waals surface area contributed by atoms with Crippen LogP contribution in [0.3, 0.4) is 0 Å². The Kier molecular flexibility index (Phi) is 4.22. The summed E-state index contributed by atoms with van der Waals surface area (Å²) in [5.41, 5.74) is 2.06. The van der Waals surface area contributed by atoms with Gasteiger partial charge in [0.1, 0.15) is 0 Å². The highest BCUT2D eigenvalue weighted by atomic mass is 35.5. The van der Waals surface area contributed by atoms with E-state index >= 15 is 0 Å². The van der Waals surface area contributed by atoms with E-state index < -0.39 is 0 Å². The zero-order valence-electron chi connectivity index (χ0n) is 9.38. The summed E-state index contributed by atoms with van der Waals surface area (Å²) in [5, 5.41) is 13.3. The molecule has 1 aromatic rings. The third kappa shape index (κ3) is 2.97. The van der Waals surface area contributed by atoms with E-state index in [9.17, 15) is 0 Å². The summed E-state index contributed by atoms with van der Waals surface area (Å²) >= 11 is 6.19. The molecule has 0 aliphatic carbocycles. The van der Waals surface area contributed by atoms with Gasteiger partial charge in [0, 0.05) is 11.1 Å². The predicted octanol–water partition coefficient (Wildman–Crippen LogP) is 2.52. The second-order valence-corrected chi connectivity index (χ2v) is 4.84. The summed E-state index contributed by atoms with van der Waals surface area (Å²) in [6.07, 6.45) is 4.82. The Morgan fingerprint density at radius 1 is 1.38 bits per heavy atom. The van der Waals surface area contributed by atoms with Gasteiger partial charge >= 0.3 is 0 Å². The molecule has 88 valence electrons. The molecular weight excluding hydrogens is 222 g/mol. The Labute approximate surface area is 102 Å². The lowest BCUT2D eigenvalue weighted by atomic mass is 9.97. The van der Waals surface area contributed by atoms with Crippen LogP contribution in [0.5, 0.6) is 0 Å². The number of aliphatic hydroxyl groups excluding tert-OH is 1. The quantitative estimate of drug-likeness (QED) is 0.850. The van der Waals surface area contributed by atoms with Crippen molar-refractivity contribution in [2.45, 2.75) is 38.3 Å². The van der Waals surface area contributed by atoms with Crippen molar-refractivity contribution in [3.05, 3.63) is 34.3 Å². The third-order valence-electron chi connectivity index (χ3n) is 3.18. The maximum absolute atomic E-state index is 9.00. The molecule has 1 heterocycles. The Bertz CT molecular complexity index is 348. The predicted molar refractivity (Wildman–Crippen MR) is 66.7 cm³/mol. The number of hydrogen-bond donors (Lipinski definition) is 2. The molecule has 1 saturated heterocycles. The second-order valence-electron chi connectivity index (χ2n) is 4.43.